The molecule has 0 fully saturated rings. The fraction of sp³-hybridized carbons (Fsp3) is 0.0968. The molecule has 0 aliphatic heterocycles. The molecule has 0 unspecified atom stereocenters. The van der Waals surface area contributed by atoms with E-state index >= 15 is 0 Å². The molecule has 5 aromatic rings. The number of aromatic nitrogens is 2. The zero-order valence-electron chi connectivity index (χ0n) is 24.6. The first-order valence-electron chi connectivity index (χ1n) is 13.5. The SMILES string of the molecule is Cc1c(N(C)S(=O)(=O)c2cccc(C(=O)Nc3cc(S(=O)(=O)Nc4ccc(Cl)cc4)ccc3Cl)c2)c(=O)n(-c2ccccc2)n1C. The van der Waals surface area contributed by atoms with Gasteiger partial charge < -0.3 is 5.32 Å². The van der Waals surface area contributed by atoms with E-state index in [1.165, 1.54) is 72.4 Å². The Kier molecular flexibility index (Phi) is 9.05. The molecule has 0 radical (unpaired) electrons. The lowest BCUT2D eigenvalue weighted by Gasteiger charge is -2.18. The topological polar surface area (TPSA) is 140 Å². The molecule has 0 atom stereocenters. The van der Waals surface area contributed by atoms with E-state index in [9.17, 15) is 26.4 Å². The normalized spacial score (nSPS) is 11.7. The number of amides is 1. The van der Waals surface area contributed by atoms with E-state index in [1.54, 1.807) is 49.0 Å². The van der Waals surface area contributed by atoms with Gasteiger partial charge in [0, 0.05) is 30.4 Å². The first kappa shape index (κ1) is 32.8. The van der Waals surface area contributed by atoms with Crippen molar-refractivity contribution in [1.82, 2.24) is 9.36 Å². The minimum absolute atomic E-state index is 0.0163. The fourth-order valence-corrected chi connectivity index (χ4v) is 7.36. The summed E-state index contributed by atoms with van der Waals surface area (Å²) in [7, 11) is -5.47. The Morgan fingerprint density at radius 2 is 1.50 bits per heavy atom. The van der Waals surface area contributed by atoms with Crippen molar-refractivity contribution in [3.63, 3.8) is 0 Å². The fourth-order valence-electron chi connectivity index (χ4n) is 4.69. The van der Waals surface area contributed by atoms with Crippen molar-refractivity contribution in [3.8, 4) is 5.69 Å². The van der Waals surface area contributed by atoms with Crippen LogP contribution in [0.25, 0.3) is 5.69 Å². The molecular weight excluding hydrogens is 673 g/mol. The number of anilines is 3. The Balaban J connectivity index is 1.41. The van der Waals surface area contributed by atoms with Gasteiger partial charge in [0.25, 0.3) is 31.5 Å². The van der Waals surface area contributed by atoms with E-state index < -0.39 is 31.5 Å². The van der Waals surface area contributed by atoms with Gasteiger partial charge in [-0.05, 0) is 79.7 Å². The summed E-state index contributed by atoms with van der Waals surface area (Å²) in [5.41, 5.74) is 0.577. The number of hydrogen-bond donors (Lipinski definition) is 2. The molecule has 11 nitrogen and oxygen atoms in total. The maximum Gasteiger partial charge on any atom is 0.296 e. The van der Waals surface area contributed by atoms with Crippen LogP contribution in [0.5, 0.6) is 0 Å². The van der Waals surface area contributed by atoms with Gasteiger partial charge in [0.15, 0.2) is 0 Å². The monoisotopic (exact) mass is 699 g/mol. The van der Waals surface area contributed by atoms with E-state index in [1.807, 2.05) is 0 Å². The summed E-state index contributed by atoms with van der Waals surface area (Å²) in [5, 5.41) is 3.04. The summed E-state index contributed by atoms with van der Waals surface area (Å²) in [6.45, 7) is 1.63. The summed E-state index contributed by atoms with van der Waals surface area (Å²) < 4.78 is 59.7. The first-order valence-corrected chi connectivity index (χ1v) is 17.2. The highest BCUT2D eigenvalue weighted by atomic mass is 35.5. The Morgan fingerprint density at radius 1 is 0.826 bits per heavy atom. The van der Waals surface area contributed by atoms with Gasteiger partial charge in [0.05, 0.1) is 31.9 Å². The second-order valence-corrected chi connectivity index (χ2v) is 14.6. The summed E-state index contributed by atoms with van der Waals surface area (Å²) in [4.78, 5) is 26.3. The maximum absolute atomic E-state index is 13.7. The van der Waals surface area contributed by atoms with Gasteiger partial charge in [-0.3, -0.25) is 23.3 Å². The molecule has 1 amide bonds. The summed E-state index contributed by atoms with van der Waals surface area (Å²) in [6, 6.07) is 23.8. The molecular formula is C31H27Cl2N5O6S2. The number of nitrogens with one attached hydrogen (secondary N) is 2. The van der Waals surface area contributed by atoms with Crippen molar-refractivity contribution in [1.29, 1.82) is 0 Å². The van der Waals surface area contributed by atoms with Crippen molar-refractivity contribution in [2.45, 2.75) is 16.7 Å². The molecule has 1 aromatic heterocycles. The van der Waals surface area contributed by atoms with E-state index in [2.05, 4.69) is 10.0 Å². The van der Waals surface area contributed by atoms with Crippen LogP contribution in [0.1, 0.15) is 16.1 Å². The molecule has 2 N–H and O–H groups in total. The van der Waals surface area contributed by atoms with Gasteiger partial charge >= 0.3 is 0 Å². The highest BCUT2D eigenvalue weighted by Gasteiger charge is 2.29. The number of carbonyl (C=O) groups excluding carboxylic acids is 1. The number of para-hydroxylation sites is 1. The number of benzene rings is 4. The van der Waals surface area contributed by atoms with E-state index in [4.69, 9.17) is 23.2 Å². The molecule has 4 aromatic carbocycles. The highest BCUT2D eigenvalue weighted by Crippen LogP contribution is 2.29. The van der Waals surface area contributed by atoms with Gasteiger partial charge in [-0.2, -0.15) is 0 Å². The minimum Gasteiger partial charge on any atom is -0.321 e. The molecule has 0 aliphatic carbocycles. The standard InChI is InChI=1S/C31H27Cl2N5O6S2/c1-20-29(31(40)38(36(20)2)24-9-5-4-6-10-24)37(3)46(43,44)26-11-7-8-21(18-26)30(39)34-28-19-25(16-17-27(28)33)45(41,42)35-23-14-12-22(32)13-15-23/h4-19,35H,1-3H3,(H,34,39). The molecule has 15 heteroatoms. The quantitative estimate of drug-likeness (QED) is 0.203. The summed E-state index contributed by atoms with van der Waals surface area (Å²) in [6.07, 6.45) is 0. The number of hydrogen-bond acceptors (Lipinski definition) is 6. The summed E-state index contributed by atoms with van der Waals surface area (Å²) in [5.74, 6) is -0.746. The van der Waals surface area contributed by atoms with Crippen molar-refractivity contribution >= 4 is 66.2 Å². The predicted molar refractivity (Wildman–Crippen MR) is 179 cm³/mol. The zero-order chi connectivity index (χ0) is 33.4. The molecule has 46 heavy (non-hydrogen) atoms. The average Bonchev–Trinajstić information content (AvgIpc) is 3.25. The van der Waals surface area contributed by atoms with Crippen molar-refractivity contribution < 1.29 is 21.6 Å². The lowest BCUT2D eigenvalue weighted by Crippen LogP contribution is -2.32. The lowest BCUT2D eigenvalue weighted by molar-refractivity contribution is 0.102. The lowest BCUT2D eigenvalue weighted by atomic mass is 10.2. The van der Waals surface area contributed by atoms with Gasteiger partial charge in [-0.1, -0.05) is 47.5 Å². The van der Waals surface area contributed by atoms with Gasteiger partial charge in [0.2, 0.25) is 0 Å². The van der Waals surface area contributed by atoms with Crippen molar-refractivity contribution in [2.24, 2.45) is 7.05 Å². The third kappa shape index (κ3) is 6.40. The van der Waals surface area contributed by atoms with Crippen LogP contribution < -0.4 is 19.9 Å². The largest absolute Gasteiger partial charge is 0.321 e. The molecule has 5 rings (SSSR count). The Hall–Kier alpha value is -4.56. The third-order valence-electron chi connectivity index (χ3n) is 7.19. The minimum atomic E-state index is -4.31. The smallest absolute Gasteiger partial charge is 0.296 e. The number of sulfonamides is 2. The molecule has 1 heterocycles. The van der Waals surface area contributed by atoms with E-state index in [0.717, 1.165) is 10.4 Å². The Bertz CT molecular complexity index is 2240. The Labute approximate surface area is 275 Å². The second-order valence-electron chi connectivity index (χ2n) is 10.1. The number of rotatable bonds is 9. The molecule has 0 bridgehead atoms. The van der Waals surface area contributed by atoms with Gasteiger partial charge in [-0.15, -0.1) is 0 Å². The first-order chi connectivity index (χ1) is 21.7. The number of nitrogens with zero attached hydrogens (tertiary/aromatic N) is 3. The third-order valence-corrected chi connectivity index (χ3v) is 10.9. The predicted octanol–water partition coefficient (Wildman–Crippen LogP) is 5.67. The molecule has 0 saturated carbocycles. The van der Waals surface area contributed by atoms with Crippen LogP contribution >= 0.6 is 23.2 Å². The number of halogens is 2. The number of carbonyl (C=O) groups is 1. The van der Waals surface area contributed by atoms with Crippen LogP contribution in [-0.4, -0.2) is 39.2 Å². The Morgan fingerprint density at radius 3 is 2.17 bits per heavy atom. The van der Waals surface area contributed by atoms with Crippen LogP contribution in [0.3, 0.4) is 0 Å². The highest BCUT2D eigenvalue weighted by molar-refractivity contribution is 7.93. The van der Waals surface area contributed by atoms with Crippen LogP contribution in [0.15, 0.2) is 112 Å². The van der Waals surface area contributed by atoms with Crippen LogP contribution in [0.2, 0.25) is 10.0 Å². The molecule has 0 saturated heterocycles. The summed E-state index contributed by atoms with van der Waals surface area (Å²) >= 11 is 12.1. The maximum atomic E-state index is 13.7. The molecule has 0 aliphatic rings. The second kappa shape index (κ2) is 12.7. The van der Waals surface area contributed by atoms with Crippen LogP contribution in [-0.2, 0) is 27.1 Å². The van der Waals surface area contributed by atoms with Crippen molar-refractivity contribution in [3.05, 3.63) is 129 Å². The molecule has 238 valence electrons. The van der Waals surface area contributed by atoms with Crippen LogP contribution in [0, 0.1) is 6.92 Å². The average molecular weight is 701 g/mol. The van der Waals surface area contributed by atoms with Gasteiger partial charge in [-0.25, -0.2) is 21.5 Å². The van der Waals surface area contributed by atoms with Gasteiger partial charge in [0.1, 0.15) is 5.69 Å². The van der Waals surface area contributed by atoms with Crippen LogP contribution in [0.4, 0.5) is 17.1 Å². The van der Waals surface area contributed by atoms with E-state index in [0.29, 0.717) is 16.4 Å². The van der Waals surface area contributed by atoms with E-state index in [-0.39, 0.29) is 37.4 Å². The zero-order valence-corrected chi connectivity index (χ0v) is 27.7. The molecule has 0 spiro atoms. The van der Waals surface area contributed by atoms with Crippen molar-refractivity contribution in [2.75, 3.05) is 21.4 Å².